The summed E-state index contributed by atoms with van der Waals surface area (Å²) < 4.78 is 1.62. The molecular weight excluding hydrogens is 222 g/mol. The summed E-state index contributed by atoms with van der Waals surface area (Å²) in [6.07, 6.45) is 5.51. The third kappa shape index (κ3) is 3.67. The molecule has 0 fully saturated rings. The lowest BCUT2D eigenvalue weighted by Gasteiger charge is -2.03. The number of nitrogens with zero attached hydrogens (tertiary/aromatic N) is 5. The molecule has 0 aliphatic heterocycles. The summed E-state index contributed by atoms with van der Waals surface area (Å²) in [5.41, 5.74) is 0. The number of aryl methyl sites for hydroxylation is 1. The molecule has 90 valence electrons. The van der Waals surface area contributed by atoms with Crippen LogP contribution in [-0.2, 0) is 17.8 Å². The van der Waals surface area contributed by atoms with Crippen LogP contribution >= 0.6 is 0 Å². The summed E-state index contributed by atoms with van der Waals surface area (Å²) in [5, 5.41) is 13.2. The fourth-order valence-electron chi connectivity index (χ4n) is 1.32. The van der Waals surface area contributed by atoms with E-state index in [4.69, 9.17) is 0 Å². The minimum atomic E-state index is -0.0139. The number of carbonyl (C=O) groups is 1. The van der Waals surface area contributed by atoms with Crippen LogP contribution in [0.5, 0.6) is 0 Å². The van der Waals surface area contributed by atoms with Crippen LogP contribution in [0.3, 0.4) is 0 Å². The normalized spacial score (nSPS) is 10.4. The number of aromatic nitrogens is 6. The van der Waals surface area contributed by atoms with Gasteiger partial charge >= 0.3 is 0 Å². The van der Waals surface area contributed by atoms with E-state index in [0.717, 1.165) is 5.82 Å². The van der Waals surface area contributed by atoms with Crippen molar-refractivity contribution in [3.05, 3.63) is 24.8 Å². The van der Waals surface area contributed by atoms with Gasteiger partial charge in [-0.05, 0) is 0 Å². The molecule has 0 aliphatic rings. The zero-order valence-corrected chi connectivity index (χ0v) is 9.20. The number of hydrogen-bond acceptors (Lipinski definition) is 5. The lowest BCUT2D eigenvalue weighted by Crippen LogP contribution is -2.26. The first kappa shape index (κ1) is 11.2. The summed E-state index contributed by atoms with van der Waals surface area (Å²) in [6, 6.07) is 0. The molecule has 8 nitrogen and oxygen atoms in total. The molecule has 0 unspecified atom stereocenters. The number of carbonyl (C=O) groups excluding carboxylic acids is 1. The summed E-state index contributed by atoms with van der Waals surface area (Å²) in [4.78, 5) is 19.2. The van der Waals surface area contributed by atoms with E-state index in [0.29, 0.717) is 25.9 Å². The number of rotatable bonds is 6. The predicted molar refractivity (Wildman–Crippen MR) is 57.7 cm³/mol. The van der Waals surface area contributed by atoms with E-state index in [1.165, 1.54) is 12.7 Å². The van der Waals surface area contributed by atoms with E-state index in [1.54, 1.807) is 11.0 Å². The average Bonchev–Trinajstić information content (AvgIpc) is 2.99. The van der Waals surface area contributed by atoms with E-state index >= 15 is 0 Å². The Morgan fingerprint density at radius 1 is 1.47 bits per heavy atom. The van der Waals surface area contributed by atoms with E-state index < -0.39 is 0 Å². The molecule has 2 N–H and O–H groups in total. The third-order valence-corrected chi connectivity index (χ3v) is 2.18. The molecule has 0 saturated carbocycles. The Balaban J connectivity index is 1.61. The van der Waals surface area contributed by atoms with Crippen LogP contribution in [0.15, 0.2) is 19.0 Å². The Morgan fingerprint density at radius 3 is 3.12 bits per heavy atom. The summed E-state index contributed by atoms with van der Waals surface area (Å²) >= 11 is 0. The number of H-pyrrole nitrogens is 1. The Hall–Kier alpha value is -2.25. The zero-order valence-electron chi connectivity index (χ0n) is 9.20. The highest BCUT2D eigenvalue weighted by Gasteiger charge is 2.02. The first-order valence-electron chi connectivity index (χ1n) is 5.28. The molecule has 0 radical (unpaired) electrons. The first-order valence-corrected chi connectivity index (χ1v) is 5.28. The van der Waals surface area contributed by atoms with Gasteiger partial charge < -0.3 is 5.32 Å². The molecule has 2 aromatic rings. The maximum Gasteiger partial charge on any atom is 0.221 e. The second-order valence-corrected chi connectivity index (χ2v) is 3.44. The number of amides is 1. The van der Waals surface area contributed by atoms with E-state index in [1.807, 2.05) is 0 Å². The zero-order chi connectivity index (χ0) is 11.9. The molecule has 0 spiro atoms. The summed E-state index contributed by atoms with van der Waals surface area (Å²) in [7, 11) is 0. The minimum Gasteiger partial charge on any atom is -0.356 e. The monoisotopic (exact) mass is 235 g/mol. The van der Waals surface area contributed by atoms with Gasteiger partial charge in [-0.3, -0.25) is 14.6 Å². The fraction of sp³-hybridized carbons (Fsp3) is 0.444. The van der Waals surface area contributed by atoms with Gasteiger partial charge in [-0.2, -0.15) is 10.2 Å². The Bertz CT molecular complexity index is 436. The summed E-state index contributed by atoms with van der Waals surface area (Å²) in [5.74, 6) is 0.751. The van der Waals surface area contributed by atoms with Gasteiger partial charge in [-0.15, -0.1) is 0 Å². The van der Waals surface area contributed by atoms with Crippen LogP contribution in [-0.4, -0.2) is 42.4 Å². The van der Waals surface area contributed by atoms with E-state index in [-0.39, 0.29) is 5.91 Å². The molecule has 0 aliphatic carbocycles. The fourth-order valence-corrected chi connectivity index (χ4v) is 1.32. The third-order valence-electron chi connectivity index (χ3n) is 2.18. The van der Waals surface area contributed by atoms with Gasteiger partial charge in [-0.1, -0.05) is 0 Å². The Kier molecular flexibility index (Phi) is 3.79. The Morgan fingerprint density at radius 2 is 2.41 bits per heavy atom. The predicted octanol–water partition coefficient (Wildman–Crippen LogP) is -0.855. The van der Waals surface area contributed by atoms with Crippen LogP contribution in [0, 0.1) is 0 Å². The number of aromatic amines is 1. The van der Waals surface area contributed by atoms with Crippen molar-refractivity contribution < 1.29 is 4.79 Å². The molecule has 0 bridgehead atoms. The van der Waals surface area contributed by atoms with Gasteiger partial charge in [0.05, 0.1) is 6.54 Å². The molecule has 2 aromatic heterocycles. The van der Waals surface area contributed by atoms with E-state index in [9.17, 15) is 4.79 Å². The van der Waals surface area contributed by atoms with Crippen molar-refractivity contribution >= 4 is 5.91 Å². The van der Waals surface area contributed by atoms with Crippen LogP contribution in [0.1, 0.15) is 12.2 Å². The van der Waals surface area contributed by atoms with Crippen LogP contribution in [0.2, 0.25) is 0 Å². The molecule has 0 aromatic carbocycles. The summed E-state index contributed by atoms with van der Waals surface area (Å²) in [6.45, 7) is 1.08. The van der Waals surface area contributed by atoms with E-state index in [2.05, 4.69) is 30.6 Å². The van der Waals surface area contributed by atoms with Crippen molar-refractivity contribution in [1.82, 2.24) is 35.3 Å². The smallest absolute Gasteiger partial charge is 0.221 e. The van der Waals surface area contributed by atoms with Crippen molar-refractivity contribution in [2.24, 2.45) is 0 Å². The van der Waals surface area contributed by atoms with Gasteiger partial charge in [0.15, 0.2) is 0 Å². The van der Waals surface area contributed by atoms with Gasteiger partial charge in [0.25, 0.3) is 0 Å². The highest BCUT2D eigenvalue weighted by molar-refractivity contribution is 5.75. The van der Waals surface area contributed by atoms with Gasteiger partial charge in [-0.25, -0.2) is 9.97 Å². The Labute approximate surface area is 97.5 Å². The molecule has 17 heavy (non-hydrogen) atoms. The van der Waals surface area contributed by atoms with Crippen LogP contribution in [0.4, 0.5) is 0 Å². The molecule has 0 atom stereocenters. The van der Waals surface area contributed by atoms with Crippen LogP contribution in [0.25, 0.3) is 0 Å². The van der Waals surface area contributed by atoms with Gasteiger partial charge in [0.2, 0.25) is 5.91 Å². The maximum atomic E-state index is 11.4. The molecule has 1 amide bonds. The first-order chi connectivity index (χ1) is 8.34. The lowest BCUT2D eigenvalue weighted by atomic mass is 10.3. The molecular formula is C9H13N7O. The number of nitrogens with one attached hydrogen (secondary N) is 2. The lowest BCUT2D eigenvalue weighted by molar-refractivity contribution is -0.121. The van der Waals surface area contributed by atoms with Crippen LogP contribution < -0.4 is 5.32 Å². The minimum absolute atomic E-state index is 0.0139. The quantitative estimate of drug-likeness (QED) is 0.678. The maximum absolute atomic E-state index is 11.4. The highest BCUT2D eigenvalue weighted by Crippen LogP contribution is 1.89. The second kappa shape index (κ2) is 5.73. The van der Waals surface area contributed by atoms with Crippen molar-refractivity contribution in [1.29, 1.82) is 0 Å². The highest BCUT2D eigenvalue weighted by atomic mass is 16.1. The topological polar surface area (TPSA) is 101 Å². The van der Waals surface area contributed by atoms with Crippen molar-refractivity contribution in [3.8, 4) is 0 Å². The van der Waals surface area contributed by atoms with Crippen molar-refractivity contribution in [3.63, 3.8) is 0 Å². The van der Waals surface area contributed by atoms with Crippen molar-refractivity contribution in [2.75, 3.05) is 6.54 Å². The average molecular weight is 235 g/mol. The SMILES string of the molecule is O=C(CCn1cncn1)NCCc1ncn[nH]1. The largest absolute Gasteiger partial charge is 0.356 e. The molecule has 8 heteroatoms. The van der Waals surface area contributed by atoms with Gasteiger partial charge in [0, 0.05) is 19.4 Å². The number of hydrogen-bond donors (Lipinski definition) is 2. The van der Waals surface area contributed by atoms with Crippen molar-refractivity contribution in [2.45, 2.75) is 19.4 Å². The van der Waals surface area contributed by atoms with Gasteiger partial charge in [0.1, 0.15) is 24.8 Å². The molecule has 2 rings (SSSR count). The molecule has 2 heterocycles. The standard InChI is InChI=1S/C9H13N7O/c17-9(2-4-16-7-10-5-14-16)11-3-1-8-12-6-13-15-8/h5-7H,1-4H2,(H,11,17)(H,12,13,15). The second-order valence-electron chi connectivity index (χ2n) is 3.44. The molecule has 0 saturated heterocycles.